The maximum absolute atomic E-state index is 5.49. The molecule has 2 saturated heterocycles. The number of ether oxygens (including phenoxy) is 1. The average molecular weight is 127 g/mol. The smallest absolute Gasteiger partial charge is 0.0702 e. The number of fused-ring (bicyclic) bond motifs is 2. The summed E-state index contributed by atoms with van der Waals surface area (Å²) >= 11 is 0. The van der Waals surface area contributed by atoms with Gasteiger partial charge >= 0.3 is 0 Å². The molecule has 2 aliphatic heterocycles. The molecule has 0 spiro atoms. The number of hydrogen-bond donors (Lipinski definition) is 1. The Hall–Kier alpha value is -0.0800. The van der Waals surface area contributed by atoms with Crippen LogP contribution in [0.15, 0.2) is 0 Å². The summed E-state index contributed by atoms with van der Waals surface area (Å²) in [6, 6.07) is 0. The minimum atomic E-state index is 0.539. The van der Waals surface area contributed by atoms with Crippen LogP contribution < -0.4 is 5.32 Å². The van der Waals surface area contributed by atoms with Crippen LogP contribution in [0.3, 0.4) is 0 Å². The van der Waals surface area contributed by atoms with E-state index in [2.05, 4.69) is 5.32 Å². The Kier molecular flexibility index (Phi) is 1.44. The summed E-state index contributed by atoms with van der Waals surface area (Å²) in [6.07, 6.45) is 3.11. The van der Waals surface area contributed by atoms with Crippen molar-refractivity contribution in [2.75, 3.05) is 19.7 Å². The number of piperidine rings is 1. The summed E-state index contributed by atoms with van der Waals surface area (Å²) in [5.74, 6) is 0.914. The maximum atomic E-state index is 5.49. The Morgan fingerprint density at radius 2 is 2.33 bits per heavy atom. The van der Waals surface area contributed by atoms with Crippen LogP contribution in [0, 0.1) is 5.92 Å². The zero-order valence-electron chi connectivity index (χ0n) is 5.60. The van der Waals surface area contributed by atoms with Crippen molar-refractivity contribution in [2.45, 2.75) is 18.9 Å². The molecule has 52 valence electrons. The van der Waals surface area contributed by atoms with Crippen molar-refractivity contribution < 1.29 is 4.74 Å². The van der Waals surface area contributed by atoms with Crippen molar-refractivity contribution in [3.8, 4) is 0 Å². The Bertz CT molecular complexity index is 85.1. The lowest BCUT2D eigenvalue weighted by Gasteiger charge is -2.34. The van der Waals surface area contributed by atoms with Gasteiger partial charge in [0.25, 0.3) is 0 Å². The van der Waals surface area contributed by atoms with Gasteiger partial charge in [-0.2, -0.15) is 0 Å². The zero-order valence-corrected chi connectivity index (χ0v) is 5.60. The van der Waals surface area contributed by atoms with Crippen LogP contribution in [0.4, 0.5) is 0 Å². The van der Waals surface area contributed by atoms with Gasteiger partial charge in [0.15, 0.2) is 0 Å². The first kappa shape index (κ1) is 5.69. The van der Waals surface area contributed by atoms with E-state index in [0.717, 1.165) is 19.1 Å². The SMILES string of the molecule is C1C[C@H]2CNC[C@H](C2)O1. The molecule has 0 saturated carbocycles. The van der Waals surface area contributed by atoms with Gasteiger partial charge < -0.3 is 10.1 Å². The second-order valence-corrected chi connectivity index (χ2v) is 3.04. The molecule has 2 bridgehead atoms. The molecule has 1 N–H and O–H groups in total. The molecule has 2 aliphatic rings. The van der Waals surface area contributed by atoms with Crippen LogP contribution in [0.1, 0.15) is 12.8 Å². The maximum Gasteiger partial charge on any atom is 0.0702 e. The lowest BCUT2D eigenvalue weighted by atomic mass is 9.92. The van der Waals surface area contributed by atoms with Gasteiger partial charge in [-0.1, -0.05) is 0 Å². The van der Waals surface area contributed by atoms with E-state index < -0.39 is 0 Å². The molecule has 0 aromatic carbocycles. The molecular weight excluding hydrogens is 114 g/mol. The topological polar surface area (TPSA) is 21.3 Å². The fraction of sp³-hybridized carbons (Fsp3) is 1.00. The van der Waals surface area contributed by atoms with Gasteiger partial charge in [0.05, 0.1) is 6.10 Å². The first-order valence-corrected chi connectivity index (χ1v) is 3.77. The second-order valence-electron chi connectivity index (χ2n) is 3.04. The number of hydrogen-bond acceptors (Lipinski definition) is 2. The zero-order chi connectivity index (χ0) is 6.10. The summed E-state index contributed by atoms with van der Waals surface area (Å²) in [6.45, 7) is 3.30. The van der Waals surface area contributed by atoms with E-state index in [-0.39, 0.29) is 0 Å². The third-order valence-electron chi connectivity index (χ3n) is 2.28. The fourth-order valence-corrected chi connectivity index (χ4v) is 1.74. The van der Waals surface area contributed by atoms with Crippen molar-refractivity contribution >= 4 is 0 Å². The molecule has 0 unspecified atom stereocenters. The summed E-state index contributed by atoms with van der Waals surface area (Å²) in [7, 11) is 0. The van der Waals surface area contributed by atoms with Gasteiger partial charge in [-0.05, 0) is 25.3 Å². The summed E-state index contributed by atoms with van der Waals surface area (Å²) in [5, 5.41) is 3.36. The van der Waals surface area contributed by atoms with Crippen molar-refractivity contribution in [1.82, 2.24) is 5.32 Å². The van der Waals surface area contributed by atoms with E-state index in [1.807, 2.05) is 0 Å². The Labute approximate surface area is 55.6 Å². The van der Waals surface area contributed by atoms with Crippen LogP contribution in [-0.2, 0) is 4.74 Å². The first-order chi connectivity index (χ1) is 4.45. The highest BCUT2D eigenvalue weighted by molar-refractivity contribution is 4.79. The second kappa shape index (κ2) is 2.27. The normalized spacial score (nSPS) is 42.7. The molecule has 2 heterocycles. The minimum Gasteiger partial charge on any atom is -0.377 e. The summed E-state index contributed by atoms with van der Waals surface area (Å²) in [4.78, 5) is 0. The highest BCUT2D eigenvalue weighted by Gasteiger charge is 2.25. The third-order valence-corrected chi connectivity index (χ3v) is 2.28. The van der Waals surface area contributed by atoms with Crippen LogP contribution in [-0.4, -0.2) is 25.8 Å². The van der Waals surface area contributed by atoms with Gasteiger partial charge in [0.1, 0.15) is 0 Å². The van der Waals surface area contributed by atoms with Crippen LogP contribution in [0.25, 0.3) is 0 Å². The molecule has 0 radical (unpaired) electrons. The van der Waals surface area contributed by atoms with Crippen molar-refractivity contribution in [1.29, 1.82) is 0 Å². The molecule has 0 aromatic rings. The van der Waals surface area contributed by atoms with E-state index in [4.69, 9.17) is 4.74 Å². The molecule has 2 heteroatoms. The standard InChI is InChI=1S/C7H13NO/c1-2-9-7-3-6(1)4-8-5-7/h6-8H,1-5H2/t6-,7+/m1/s1. The highest BCUT2D eigenvalue weighted by Crippen LogP contribution is 2.21. The average Bonchev–Trinajstić information content (AvgIpc) is 1.88. The Morgan fingerprint density at radius 1 is 1.33 bits per heavy atom. The van der Waals surface area contributed by atoms with E-state index in [9.17, 15) is 0 Å². The first-order valence-electron chi connectivity index (χ1n) is 3.77. The van der Waals surface area contributed by atoms with Crippen molar-refractivity contribution in [3.05, 3.63) is 0 Å². The lowest BCUT2D eigenvalue weighted by Crippen LogP contribution is -2.44. The lowest BCUT2D eigenvalue weighted by molar-refractivity contribution is -0.0250. The predicted molar refractivity (Wildman–Crippen MR) is 35.3 cm³/mol. The third kappa shape index (κ3) is 1.10. The minimum absolute atomic E-state index is 0.539. The van der Waals surface area contributed by atoms with Gasteiger partial charge in [0.2, 0.25) is 0 Å². The summed E-state index contributed by atoms with van der Waals surface area (Å²) < 4.78 is 5.49. The highest BCUT2D eigenvalue weighted by atomic mass is 16.5. The molecule has 0 aliphatic carbocycles. The quantitative estimate of drug-likeness (QED) is 0.508. The van der Waals surface area contributed by atoms with E-state index >= 15 is 0 Å². The molecule has 2 nitrogen and oxygen atoms in total. The molecule has 0 amide bonds. The van der Waals surface area contributed by atoms with Crippen LogP contribution in [0.2, 0.25) is 0 Å². The van der Waals surface area contributed by atoms with Gasteiger partial charge in [0, 0.05) is 13.2 Å². The monoisotopic (exact) mass is 127 g/mol. The molecule has 2 rings (SSSR count). The van der Waals surface area contributed by atoms with Crippen LogP contribution in [0.5, 0.6) is 0 Å². The summed E-state index contributed by atoms with van der Waals surface area (Å²) in [5.41, 5.74) is 0. The van der Waals surface area contributed by atoms with Crippen LogP contribution >= 0.6 is 0 Å². The molecule has 2 atom stereocenters. The van der Waals surface area contributed by atoms with Gasteiger partial charge in [-0.15, -0.1) is 0 Å². The Balaban J connectivity index is 1.96. The fourth-order valence-electron chi connectivity index (χ4n) is 1.74. The number of nitrogens with one attached hydrogen (secondary N) is 1. The van der Waals surface area contributed by atoms with Gasteiger partial charge in [-0.3, -0.25) is 0 Å². The van der Waals surface area contributed by atoms with E-state index in [0.29, 0.717) is 6.10 Å². The Morgan fingerprint density at radius 3 is 3.11 bits per heavy atom. The molecule has 9 heavy (non-hydrogen) atoms. The molecular formula is C7H13NO. The molecule has 2 fully saturated rings. The van der Waals surface area contributed by atoms with Gasteiger partial charge in [-0.25, -0.2) is 0 Å². The van der Waals surface area contributed by atoms with E-state index in [1.165, 1.54) is 19.4 Å². The van der Waals surface area contributed by atoms with Crippen molar-refractivity contribution in [2.24, 2.45) is 5.92 Å². The van der Waals surface area contributed by atoms with Crippen molar-refractivity contribution in [3.63, 3.8) is 0 Å². The number of rotatable bonds is 0. The largest absolute Gasteiger partial charge is 0.377 e. The molecule has 0 aromatic heterocycles. The van der Waals surface area contributed by atoms with E-state index in [1.54, 1.807) is 0 Å². The predicted octanol–water partition coefficient (Wildman–Crippen LogP) is 0.385.